The van der Waals surface area contributed by atoms with E-state index < -0.39 is 0 Å². The number of halogens is 2. The van der Waals surface area contributed by atoms with E-state index in [1.807, 2.05) is 67.7 Å². The van der Waals surface area contributed by atoms with Crippen LogP contribution in [0.1, 0.15) is 39.9 Å². The third kappa shape index (κ3) is 3.62. The number of hydrogen-bond donors (Lipinski definition) is 1. The molecule has 0 radical (unpaired) electrons. The van der Waals surface area contributed by atoms with Crippen LogP contribution in [-0.4, -0.2) is 13.0 Å². The number of carbonyl (C=O) groups is 1. The lowest BCUT2D eigenvalue weighted by molar-refractivity contribution is 0.0993. The predicted octanol–water partition coefficient (Wildman–Crippen LogP) is 7.10. The summed E-state index contributed by atoms with van der Waals surface area (Å²) in [6.07, 6.45) is 5.45. The first-order chi connectivity index (χ1) is 15.0. The molecule has 3 aromatic carbocycles. The highest BCUT2D eigenvalue weighted by Crippen LogP contribution is 2.51. The van der Waals surface area contributed by atoms with Gasteiger partial charge in [-0.3, -0.25) is 4.79 Å². The molecule has 3 unspecified atom stereocenters. The molecule has 5 heteroatoms. The van der Waals surface area contributed by atoms with E-state index in [9.17, 15) is 4.79 Å². The number of benzene rings is 3. The molecular weight excluding hydrogens is 427 g/mol. The molecule has 1 N–H and O–H groups in total. The number of hydrogen-bond acceptors (Lipinski definition) is 2. The predicted molar refractivity (Wildman–Crippen MR) is 128 cm³/mol. The van der Waals surface area contributed by atoms with Gasteiger partial charge in [-0.05, 0) is 65.9 Å². The van der Waals surface area contributed by atoms with Gasteiger partial charge in [0.25, 0.3) is 5.91 Å². The van der Waals surface area contributed by atoms with E-state index in [1.54, 1.807) is 11.0 Å². The van der Waals surface area contributed by atoms with Crippen molar-refractivity contribution in [3.05, 3.63) is 106 Å². The smallest absolute Gasteiger partial charge is 0.258 e. The normalized spacial score (nSPS) is 21.2. The molecular formula is C26H22Cl2N2O. The number of carbonyl (C=O) groups excluding carboxylic acids is 1. The maximum absolute atomic E-state index is 13.1. The molecule has 1 amide bonds. The lowest BCUT2D eigenvalue weighted by Gasteiger charge is -2.38. The number of amides is 1. The van der Waals surface area contributed by atoms with Gasteiger partial charge in [-0.25, -0.2) is 0 Å². The Kier molecular flexibility index (Phi) is 5.25. The quantitative estimate of drug-likeness (QED) is 0.433. The van der Waals surface area contributed by atoms with Gasteiger partial charge < -0.3 is 10.2 Å². The number of rotatable bonds is 3. The molecule has 3 atom stereocenters. The lowest BCUT2D eigenvalue weighted by atomic mass is 9.76. The number of allylic oxidation sites excluding steroid dienone is 2. The number of para-hydroxylation sites is 1. The van der Waals surface area contributed by atoms with Crippen LogP contribution in [0, 0.1) is 5.92 Å². The van der Waals surface area contributed by atoms with Crippen LogP contribution in [0.3, 0.4) is 0 Å². The highest BCUT2D eigenvalue weighted by atomic mass is 35.5. The summed E-state index contributed by atoms with van der Waals surface area (Å²) in [5.74, 6) is 0.557. The van der Waals surface area contributed by atoms with E-state index in [1.165, 1.54) is 0 Å². The molecule has 3 nitrogen and oxygen atoms in total. The Balaban J connectivity index is 1.49. The van der Waals surface area contributed by atoms with Crippen molar-refractivity contribution in [1.82, 2.24) is 0 Å². The number of nitrogens with zero attached hydrogens (tertiary/aromatic N) is 1. The minimum Gasteiger partial charge on any atom is -0.378 e. The van der Waals surface area contributed by atoms with Crippen LogP contribution in [0.2, 0.25) is 10.0 Å². The average Bonchev–Trinajstić information content (AvgIpc) is 3.28. The number of fused-ring (bicyclic) bond motifs is 3. The molecule has 5 rings (SSSR count). The fraction of sp³-hybridized carbons (Fsp3) is 0.192. The van der Waals surface area contributed by atoms with Gasteiger partial charge in [0.1, 0.15) is 0 Å². The average molecular weight is 449 g/mol. The Bertz CT molecular complexity index is 1180. The molecule has 0 saturated carbocycles. The van der Waals surface area contributed by atoms with Gasteiger partial charge in [-0.15, -0.1) is 0 Å². The molecule has 0 bridgehead atoms. The minimum absolute atomic E-state index is 0.0182. The van der Waals surface area contributed by atoms with Crippen LogP contribution in [-0.2, 0) is 0 Å². The molecule has 0 saturated heterocycles. The summed E-state index contributed by atoms with van der Waals surface area (Å²) in [5.41, 5.74) is 4.82. The molecule has 0 fully saturated rings. The van der Waals surface area contributed by atoms with Gasteiger partial charge in [0.2, 0.25) is 0 Å². The van der Waals surface area contributed by atoms with Crippen LogP contribution in [0.5, 0.6) is 0 Å². The third-order valence-electron chi connectivity index (χ3n) is 6.36. The molecule has 1 heterocycles. The third-order valence-corrected chi connectivity index (χ3v) is 6.92. The number of nitrogens with one attached hydrogen (secondary N) is 1. The molecule has 3 aromatic rings. The second kappa shape index (κ2) is 8.07. The van der Waals surface area contributed by atoms with Crippen molar-refractivity contribution in [3.63, 3.8) is 0 Å². The van der Waals surface area contributed by atoms with Gasteiger partial charge in [0.05, 0.1) is 6.04 Å². The fourth-order valence-electron chi connectivity index (χ4n) is 4.75. The van der Waals surface area contributed by atoms with E-state index in [0.717, 1.165) is 28.9 Å². The van der Waals surface area contributed by atoms with E-state index in [2.05, 4.69) is 17.5 Å². The molecule has 156 valence electrons. The Morgan fingerprint density at radius 3 is 2.58 bits per heavy atom. The molecule has 2 aliphatic rings. The van der Waals surface area contributed by atoms with Crippen LogP contribution in [0.25, 0.3) is 0 Å². The summed E-state index contributed by atoms with van der Waals surface area (Å²) < 4.78 is 0. The maximum atomic E-state index is 13.1. The largest absolute Gasteiger partial charge is 0.378 e. The standard InChI is InChI=1S/C26H22Cl2N2O/c1-30(18-6-3-2-4-7-18)26(31)16-10-13-24-22(14-16)19-8-5-9-20(19)25(29-24)21-12-11-17(27)15-23(21)28/h2-8,10-15,19-20,25,29H,9H2,1H3. The first-order valence-electron chi connectivity index (χ1n) is 10.4. The van der Waals surface area contributed by atoms with Crippen molar-refractivity contribution in [2.75, 3.05) is 17.3 Å². The van der Waals surface area contributed by atoms with E-state index in [4.69, 9.17) is 23.2 Å². The van der Waals surface area contributed by atoms with Crippen LogP contribution >= 0.6 is 23.2 Å². The van der Waals surface area contributed by atoms with E-state index in [0.29, 0.717) is 21.5 Å². The highest BCUT2D eigenvalue weighted by molar-refractivity contribution is 6.35. The Morgan fingerprint density at radius 1 is 1.00 bits per heavy atom. The minimum atomic E-state index is -0.0182. The zero-order chi connectivity index (χ0) is 21.5. The lowest BCUT2D eigenvalue weighted by Crippen LogP contribution is -2.30. The topological polar surface area (TPSA) is 32.3 Å². The maximum Gasteiger partial charge on any atom is 0.258 e. The summed E-state index contributed by atoms with van der Waals surface area (Å²) in [6, 6.07) is 21.4. The van der Waals surface area contributed by atoms with Gasteiger partial charge in [0, 0.05) is 39.9 Å². The van der Waals surface area contributed by atoms with Crippen molar-refractivity contribution in [3.8, 4) is 0 Å². The molecule has 0 aromatic heterocycles. The Labute approximate surface area is 192 Å². The van der Waals surface area contributed by atoms with Crippen LogP contribution in [0.4, 0.5) is 11.4 Å². The monoisotopic (exact) mass is 448 g/mol. The van der Waals surface area contributed by atoms with Crippen LogP contribution < -0.4 is 10.2 Å². The summed E-state index contributed by atoms with van der Waals surface area (Å²) in [6.45, 7) is 0. The first-order valence-corrected chi connectivity index (χ1v) is 11.1. The van der Waals surface area contributed by atoms with E-state index >= 15 is 0 Å². The first kappa shape index (κ1) is 20.2. The summed E-state index contributed by atoms with van der Waals surface area (Å²) in [4.78, 5) is 14.8. The molecule has 31 heavy (non-hydrogen) atoms. The molecule has 1 aliphatic carbocycles. The molecule has 1 aliphatic heterocycles. The van der Waals surface area contributed by atoms with Crippen LogP contribution in [0.15, 0.2) is 78.9 Å². The molecule has 0 spiro atoms. The Morgan fingerprint density at radius 2 is 1.81 bits per heavy atom. The highest BCUT2D eigenvalue weighted by Gasteiger charge is 2.39. The number of anilines is 2. The second-order valence-corrected chi connectivity index (χ2v) is 8.99. The van der Waals surface area contributed by atoms with Gasteiger partial charge >= 0.3 is 0 Å². The van der Waals surface area contributed by atoms with Crippen molar-refractivity contribution < 1.29 is 4.79 Å². The van der Waals surface area contributed by atoms with Crippen molar-refractivity contribution >= 4 is 40.5 Å². The summed E-state index contributed by atoms with van der Waals surface area (Å²) in [7, 11) is 1.81. The van der Waals surface area contributed by atoms with Gasteiger partial charge in [-0.2, -0.15) is 0 Å². The zero-order valence-corrected chi connectivity index (χ0v) is 18.6. The van der Waals surface area contributed by atoms with Crippen molar-refractivity contribution in [1.29, 1.82) is 0 Å². The zero-order valence-electron chi connectivity index (χ0n) is 17.1. The summed E-state index contributed by atoms with van der Waals surface area (Å²) in [5, 5.41) is 4.99. The Hall–Kier alpha value is -2.75. The van der Waals surface area contributed by atoms with E-state index in [-0.39, 0.29) is 17.9 Å². The SMILES string of the molecule is CN(C(=O)c1ccc2c(c1)C1C=CCC1C(c1ccc(Cl)cc1Cl)N2)c1ccccc1. The van der Waals surface area contributed by atoms with Crippen molar-refractivity contribution in [2.24, 2.45) is 5.92 Å². The van der Waals surface area contributed by atoms with Gasteiger partial charge in [-0.1, -0.05) is 59.6 Å². The fourth-order valence-corrected chi connectivity index (χ4v) is 5.28. The second-order valence-electron chi connectivity index (χ2n) is 8.14. The van der Waals surface area contributed by atoms with Gasteiger partial charge in [0.15, 0.2) is 0 Å². The van der Waals surface area contributed by atoms with Crippen molar-refractivity contribution in [2.45, 2.75) is 18.4 Å². The summed E-state index contributed by atoms with van der Waals surface area (Å²) >= 11 is 12.7.